The van der Waals surface area contributed by atoms with Crippen molar-refractivity contribution in [3.8, 4) is 22.6 Å². The van der Waals surface area contributed by atoms with Crippen LogP contribution in [0, 0.1) is 6.92 Å². The Balaban J connectivity index is 1.11. The molecule has 0 saturated carbocycles. The van der Waals surface area contributed by atoms with Crippen LogP contribution in [0.2, 0.25) is 0 Å². The molecule has 4 nitrogen and oxygen atoms in total. The first-order chi connectivity index (χ1) is 27.0. The summed E-state index contributed by atoms with van der Waals surface area (Å²) in [5.74, 6) is 0. The summed E-state index contributed by atoms with van der Waals surface area (Å²) in [6, 6.07) is 55.6. The van der Waals surface area contributed by atoms with Crippen molar-refractivity contribution < 1.29 is 4.42 Å². The Hall–Kier alpha value is -6.72. The molecule has 3 aliphatic rings. The molecule has 13 rings (SSSR count). The molecule has 0 fully saturated rings. The Labute approximate surface area is 318 Å². The Bertz CT molecular complexity index is 3270. The topological polar surface area (TPSA) is 26.2 Å². The molecule has 0 spiro atoms. The van der Waals surface area contributed by atoms with E-state index in [9.17, 15) is 0 Å². The number of benzene rings is 7. The van der Waals surface area contributed by atoms with Gasteiger partial charge in [0.2, 0.25) is 0 Å². The first-order valence-corrected chi connectivity index (χ1v) is 19.3. The van der Waals surface area contributed by atoms with Crippen molar-refractivity contribution in [2.45, 2.75) is 26.2 Å². The second kappa shape index (κ2) is 10.1. The summed E-state index contributed by atoms with van der Waals surface area (Å²) in [6.07, 6.45) is 0. The van der Waals surface area contributed by atoms with E-state index < -0.39 is 0 Å². The van der Waals surface area contributed by atoms with Crippen LogP contribution >= 0.6 is 0 Å². The Kier molecular flexibility index (Phi) is 5.44. The highest BCUT2D eigenvalue weighted by Gasteiger charge is 2.46. The molecule has 0 bridgehead atoms. The summed E-state index contributed by atoms with van der Waals surface area (Å²) < 4.78 is 12.2. The van der Waals surface area contributed by atoms with Crippen LogP contribution in [-0.4, -0.2) is 15.8 Å². The zero-order valence-electron chi connectivity index (χ0n) is 30.8. The summed E-state index contributed by atoms with van der Waals surface area (Å²) in [5.41, 5.74) is 22.1. The van der Waals surface area contributed by atoms with Gasteiger partial charge in [-0.25, -0.2) is 0 Å². The summed E-state index contributed by atoms with van der Waals surface area (Å²) in [6.45, 7) is 7.17. The van der Waals surface area contributed by atoms with Gasteiger partial charge in [-0.15, -0.1) is 0 Å². The number of anilines is 3. The van der Waals surface area contributed by atoms with Gasteiger partial charge in [-0.2, -0.15) is 0 Å². The Morgan fingerprint density at radius 3 is 1.93 bits per heavy atom. The quantitative estimate of drug-likeness (QED) is 0.171. The molecule has 0 saturated heterocycles. The molecule has 0 amide bonds. The van der Waals surface area contributed by atoms with Crippen molar-refractivity contribution in [2.75, 3.05) is 4.90 Å². The van der Waals surface area contributed by atoms with Crippen LogP contribution in [0.25, 0.3) is 66.5 Å². The van der Waals surface area contributed by atoms with Gasteiger partial charge >= 0.3 is 0 Å². The van der Waals surface area contributed by atoms with Gasteiger partial charge in [-0.3, -0.25) is 0 Å². The number of aromatic nitrogens is 2. The van der Waals surface area contributed by atoms with Gasteiger partial charge in [0.25, 0.3) is 6.71 Å². The van der Waals surface area contributed by atoms with Crippen LogP contribution in [0.4, 0.5) is 17.1 Å². The lowest BCUT2D eigenvalue weighted by molar-refractivity contribution is 0.666. The number of hydrogen-bond acceptors (Lipinski definition) is 2. The van der Waals surface area contributed by atoms with Crippen molar-refractivity contribution in [2.24, 2.45) is 0 Å². The van der Waals surface area contributed by atoms with Gasteiger partial charge in [0.05, 0.1) is 11.2 Å². The van der Waals surface area contributed by atoms with E-state index in [0.717, 1.165) is 44.5 Å². The zero-order valence-corrected chi connectivity index (χ0v) is 30.8. The molecule has 10 aromatic rings. The average Bonchev–Trinajstić information content (AvgIpc) is 3.92. The second-order valence-electron chi connectivity index (χ2n) is 16.2. The summed E-state index contributed by atoms with van der Waals surface area (Å²) >= 11 is 0. The van der Waals surface area contributed by atoms with E-state index >= 15 is 0 Å². The maximum Gasteiger partial charge on any atom is 0.252 e. The van der Waals surface area contributed by atoms with Crippen molar-refractivity contribution in [3.63, 3.8) is 0 Å². The lowest BCUT2D eigenvalue weighted by Gasteiger charge is -2.34. The number of fused-ring (bicyclic) bond motifs is 14. The highest BCUT2D eigenvalue weighted by molar-refractivity contribution is 7.00. The van der Waals surface area contributed by atoms with E-state index in [0.29, 0.717) is 0 Å². The van der Waals surface area contributed by atoms with E-state index in [-0.39, 0.29) is 12.1 Å². The molecule has 0 unspecified atom stereocenters. The predicted octanol–water partition coefficient (Wildman–Crippen LogP) is 10.7. The molecule has 258 valence electrons. The molecule has 5 heteroatoms. The Morgan fingerprint density at radius 2 is 1.20 bits per heavy atom. The van der Waals surface area contributed by atoms with Gasteiger partial charge in [-0.05, 0) is 94.6 Å². The standard InChI is InChI=1S/C50H34BN3O/c1-29-26-40-44-41(27-29)54-46-36(49-48(54)34-25-24-32(28-42(34)55-49)52(30-14-6-4-7-15-30)31-16-8-5-9-17-31)20-13-23-39(46)51(44)38-22-12-19-35-43-47(53(40)45(35)38)33-18-10-11-21-37(33)50(43,2)3/h4-28H,1-3H3. The van der Waals surface area contributed by atoms with Gasteiger partial charge in [-0.1, -0.05) is 105 Å². The molecular weight excluding hydrogens is 669 g/mol. The molecule has 7 aromatic carbocycles. The Morgan fingerprint density at radius 1 is 0.564 bits per heavy atom. The zero-order chi connectivity index (χ0) is 36.3. The van der Waals surface area contributed by atoms with Crippen LogP contribution < -0.4 is 21.3 Å². The fraction of sp³-hybridized carbons (Fsp3) is 0.0800. The van der Waals surface area contributed by atoms with Crippen LogP contribution in [0.3, 0.4) is 0 Å². The predicted molar refractivity (Wildman–Crippen MR) is 229 cm³/mol. The van der Waals surface area contributed by atoms with E-state index in [2.05, 4.69) is 186 Å². The molecule has 0 radical (unpaired) electrons. The van der Waals surface area contributed by atoms with Gasteiger partial charge in [0.15, 0.2) is 5.58 Å². The van der Waals surface area contributed by atoms with Gasteiger partial charge in [0, 0.05) is 67.2 Å². The number of para-hydroxylation sites is 4. The average molecular weight is 704 g/mol. The van der Waals surface area contributed by atoms with E-state index in [1.54, 1.807) is 0 Å². The lowest BCUT2D eigenvalue weighted by Crippen LogP contribution is -2.59. The summed E-state index contributed by atoms with van der Waals surface area (Å²) in [4.78, 5) is 2.30. The first-order valence-electron chi connectivity index (χ1n) is 19.3. The smallest absolute Gasteiger partial charge is 0.252 e. The molecular formula is C50H34BN3O. The maximum absolute atomic E-state index is 7.03. The lowest BCUT2D eigenvalue weighted by atomic mass is 9.34. The van der Waals surface area contributed by atoms with Gasteiger partial charge < -0.3 is 18.5 Å². The van der Waals surface area contributed by atoms with Crippen LogP contribution in [0.5, 0.6) is 0 Å². The van der Waals surface area contributed by atoms with Crippen molar-refractivity contribution in [3.05, 3.63) is 168 Å². The molecule has 55 heavy (non-hydrogen) atoms. The molecule has 5 heterocycles. The first kappa shape index (κ1) is 29.7. The fourth-order valence-corrected chi connectivity index (χ4v) is 10.8. The maximum atomic E-state index is 7.03. The number of hydrogen-bond donors (Lipinski definition) is 0. The number of rotatable bonds is 3. The fourth-order valence-electron chi connectivity index (χ4n) is 10.8. The monoisotopic (exact) mass is 703 g/mol. The van der Waals surface area contributed by atoms with Crippen molar-refractivity contribution in [1.82, 2.24) is 9.13 Å². The third-order valence-electron chi connectivity index (χ3n) is 12.9. The normalized spacial score (nSPS) is 14.2. The minimum atomic E-state index is -0.108. The van der Waals surface area contributed by atoms with Gasteiger partial charge in [0.1, 0.15) is 11.1 Å². The largest absolute Gasteiger partial charge is 0.454 e. The van der Waals surface area contributed by atoms with E-state index in [1.165, 1.54) is 72.1 Å². The highest BCUT2D eigenvalue weighted by atomic mass is 16.3. The highest BCUT2D eigenvalue weighted by Crippen LogP contribution is 2.54. The van der Waals surface area contributed by atoms with Crippen molar-refractivity contribution >= 4 is 84.0 Å². The van der Waals surface area contributed by atoms with Crippen LogP contribution in [-0.2, 0) is 5.41 Å². The third kappa shape index (κ3) is 3.55. The summed E-state index contributed by atoms with van der Waals surface area (Å²) in [5, 5.41) is 3.64. The van der Waals surface area contributed by atoms with Crippen LogP contribution in [0.1, 0.15) is 30.5 Å². The van der Waals surface area contributed by atoms with E-state index in [1.807, 2.05) is 0 Å². The number of furan rings is 1. The molecule has 2 aliphatic heterocycles. The van der Waals surface area contributed by atoms with Crippen LogP contribution in [0.15, 0.2) is 156 Å². The molecule has 0 N–H and O–H groups in total. The number of nitrogens with zero attached hydrogens (tertiary/aromatic N) is 3. The molecule has 0 atom stereocenters. The second-order valence-corrected chi connectivity index (χ2v) is 16.2. The number of aryl methyl sites for hydroxylation is 1. The van der Waals surface area contributed by atoms with E-state index in [4.69, 9.17) is 4.42 Å². The SMILES string of the molecule is Cc1cc2c3c(c1)-n1c4c(cccc4c4oc5cc(N(c6ccccc6)c6ccccc6)ccc5c41)B3c1cccc3c4c(n-2c13)-c1ccccc1C4(C)C. The third-order valence-corrected chi connectivity index (χ3v) is 12.9. The van der Waals surface area contributed by atoms with Crippen molar-refractivity contribution in [1.29, 1.82) is 0 Å². The minimum Gasteiger partial charge on any atom is -0.454 e. The minimum absolute atomic E-state index is 0.105. The molecule has 1 aliphatic carbocycles. The summed E-state index contributed by atoms with van der Waals surface area (Å²) in [7, 11) is 0. The molecule has 3 aromatic heterocycles.